The van der Waals surface area contributed by atoms with Crippen molar-refractivity contribution in [2.45, 2.75) is 62.7 Å². The van der Waals surface area contributed by atoms with E-state index in [2.05, 4.69) is 17.1 Å². The number of nitrogens with zero attached hydrogens (tertiary/aromatic N) is 1. The molecule has 3 rings (SSSR count). The molecule has 4 nitrogen and oxygen atoms in total. The third-order valence-corrected chi connectivity index (χ3v) is 4.21. The number of rotatable bonds is 3. The van der Waals surface area contributed by atoms with Crippen LogP contribution >= 0.6 is 24.8 Å². The standard InChI is InChI=1S/C12H21N3O.2ClH/c1-8-6-9(7-15(8)10-2-3-10)14-11(16)12(13)4-5-12;;/h8-10H,2-7,13H2,1H3,(H,14,16);2*1H. The number of carbonyl (C=O) groups is 1. The molecule has 106 valence electrons. The first-order valence-corrected chi connectivity index (χ1v) is 6.44. The second-order valence-corrected chi connectivity index (χ2v) is 5.84. The van der Waals surface area contributed by atoms with Crippen LogP contribution in [0.2, 0.25) is 0 Å². The zero-order valence-corrected chi connectivity index (χ0v) is 12.4. The van der Waals surface area contributed by atoms with E-state index in [0.29, 0.717) is 12.1 Å². The lowest BCUT2D eigenvalue weighted by Gasteiger charge is -2.20. The highest BCUT2D eigenvalue weighted by Gasteiger charge is 2.47. The molecule has 1 amide bonds. The summed E-state index contributed by atoms with van der Waals surface area (Å²) in [5.41, 5.74) is 5.37. The average Bonchev–Trinajstić information content (AvgIpc) is 3.11. The molecule has 0 aromatic rings. The monoisotopic (exact) mass is 295 g/mol. The maximum Gasteiger partial charge on any atom is 0.240 e. The minimum Gasteiger partial charge on any atom is -0.350 e. The Hall–Kier alpha value is -0.0300. The van der Waals surface area contributed by atoms with Gasteiger partial charge in [-0.3, -0.25) is 9.69 Å². The molecule has 3 aliphatic rings. The van der Waals surface area contributed by atoms with E-state index in [1.165, 1.54) is 12.8 Å². The van der Waals surface area contributed by atoms with Crippen LogP contribution in [0.1, 0.15) is 39.0 Å². The Morgan fingerprint density at radius 1 is 1.33 bits per heavy atom. The van der Waals surface area contributed by atoms with E-state index in [4.69, 9.17) is 5.73 Å². The summed E-state index contributed by atoms with van der Waals surface area (Å²) in [6.45, 7) is 3.29. The fourth-order valence-corrected chi connectivity index (χ4v) is 2.77. The van der Waals surface area contributed by atoms with Crippen LogP contribution in [0, 0.1) is 0 Å². The van der Waals surface area contributed by atoms with E-state index < -0.39 is 5.54 Å². The van der Waals surface area contributed by atoms with Gasteiger partial charge in [0.1, 0.15) is 0 Å². The number of nitrogens with two attached hydrogens (primary N) is 1. The summed E-state index contributed by atoms with van der Waals surface area (Å²) in [6, 6.07) is 1.74. The quantitative estimate of drug-likeness (QED) is 0.819. The third kappa shape index (κ3) is 3.10. The maximum atomic E-state index is 11.8. The molecule has 1 heterocycles. The first kappa shape index (κ1) is 16.0. The van der Waals surface area contributed by atoms with Gasteiger partial charge >= 0.3 is 0 Å². The zero-order chi connectivity index (χ0) is 11.3. The number of halogens is 2. The van der Waals surface area contributed by atoms with Crippen LogP contribution in [0.25, 0.3) is 0 Å². The Morgan fingerprint density at radius 3 is 2.44 bits per heavy atom. The van der Waals surface area contributed by atoms with Crippen molar-refractivity contribution < 1.29 is 4.79 Å². The SMILES string of the molecule is CC1CC(NC(=O)C2(N)CC2)CN1C1CC1.Cl.Cl. The van der Waals surface area contributed by atoms with Crippen molar-refractivity contribution in [2.24, 2.45) is 5.73 Å². The van der Waals surface area contributed by atoms with Crippen LogP contribution in [0.4, 0.5) is 0 Å². The van der Waals surface area contributed by atoms with Gasteiger partial charge in [0.15, 0.2) is 0 Å². The molecule has 0 aromatic carbocycles. The molecule has 2 saturated carbocycles. The molecule has 2 aliphatic carbocycles. The van der Waals surface area contributed by atoms with Crippen molar-refractivity contribution in [2.75, 3.05) is 6.54 Å². The van der Waals surface area contributed by atoms with Crippen LogP contribution in [0.15, 0.2) is 0 Å². The van der Waals surface area contributed by atoms with E-state index in [1.54, 1.807) is 0 Å². The minimum absolute atomic E-state index is 0. The van der Waals surface area contributed by atoms with E-state index in [9.17, 15) is 4.79 Å². The van der Waals surface area contributed by atoms with Crippen molar-refractivity contribution in [3.8, 4) is 0 Å². The Kier molecular flexibility index (Phi) is 4.93. The molecule has 2 atom stereocenters. The highest BCUT2D eigenvalue weighted by Crippen LogP contribution is 2.35. The highest BCUT2D eigenvalue weighted by atomic mass is 35.5. The summed E-state index contributed by atoms with van der Waals surface area (Å²) < 4.78 is 0. The summed E-state index contributed by atoms with van der Waals surface area (Å²) in [6.07, 6.45) is 5.47. The van der Waals surface area contributed by atoms with Crippen LogP contribution in [0.5, 0.6) is 0 Å². The Bertz CT molecular complexity index is 318. The first-order valence-electron chi connectivity index (χ1n) is 6.44. The number of hydrogen-bond donors (Lipinski definition) is 2. The third-order valence-electron chi connectivity index (χ3n) is 4.21. The van der Waals surface area contributed by atoms with Gasteiger partial charge in [0.05, 0.1) is 5.54 Å². The fourth-order valence-electron chi connectivity index (χ4n) is 2.77. The number of hydrogen-bond acceptors (Lipinski definition) is 3. The lowest BCUT2D eigenvalue weighted by Crippen LogP contribution is -2.48. The van der Waals surface area contributed by atoms with E-state index >= 15 is 0 Å². The largest absolute Gasteiger partial charge is 0.350 e. The number of carbonyl (C=O) groups excluding carboxylic acids is 1. The van der Waals surface area contributed by atoms with Crippen LogP contribution in [-0.4, -0.2) is 41.0 Å². The highest BCUT2D eigenvalue weighted by molar-refractivity contribution is 5.89. The van der Waals surface area contributed by atoms with Gasteiger partial charge in [-0.25, -0.2) is 0 Å². The molecule has 18 heavy (non-hydrogen) atoms. The molecule has 3 fully saturated rings. The predicted molar refractivity (Wildman–Crippen MR) is 76.4 cm³/mol. The second-order valence-electron chi connectivity index (χ2n) is 5.84. The van der Waals surface area contributed by atoms with Gasteiger partial charge in [-0.15, -0.1) is 24.8 Å². The summed E-state index contributed by atoms with van der Waals surface area (Å²) in [5.74, 6) is 0.0716. The lowest BCUT2D eigenvalue weighted by atomic mass is 10.1. The van der Waals surface area contributed by atoms with Gasteiger partial charge in [-0.05, 0) is 39.0 Å². The van der Waals surface area contributed by atoms with Crippen molar-refractivity contribution in [3.63, 3.8) is 0 Å². The van der Waals surface area contributed by atoms with Gasteiger partial charge in [0, 0.05) is 24.7 Å². The second kappa shape index (κ2) is 5.53. The summed E-state index contributed by atoms with van der Waals surface area (Å²) >= 11 is 0. The summed E-state index contributed by atoms with van der Waals surface area (Å²) in [4.78, 5) is 14.4. The minimum atomic E-state index is -0.518. The van der Waals surface area contributed by atoms with Gasteiger partial charge in [0.2, 0.25) is 5.91 Å². The topological polar surface area (TPSA) is 58.4 Å². The van der Waals surface area contributed by atoms with Gasteiger partial charge < -0.3 is 11.1 Å². The summed E-state index contributed by atoms with van der Waals surface area (Å²) in [7, 11) is 0. The molecule has 0 aromatic heterocycles. The predicted octanol–water partition coefficient (Wildman–Crippen LogP) is 1.06. The molecular weight excluding hydrogens is 273 g/mol. The van der Waals surface area contributed by atoms with Crippen molar-refractivity contribution in [3.05, 3.63) is 0 Å². The Morgan fingerprint density at radius 2 is 1.94 bits per heavy atom. The molecule has 2 unspecified atom stereocenters. The average molecular weight is 296 g/mol. The molecule has 0 spiro atoms. The van der Waals surface area contributed by atoms with Crippen molar-refractivity contribution >= 4 is 30.7 Å². The number of likely N-dealkylation sites (tertiary alicyclic amines) is 1. The van der Waals surface area contributed by atoms with E-state index in [0.717, 1.165) is 31.8 Å². The van der Waals surface area contributed by atoms with Gasteiger partial charge in [-0.1, -0.05) is 0 Å². The normalized spacial score (nSPS) is 33.2. The molecule has 6 heteroatoms. The number of amides is 1. The molecule has 0 bridgehead atoms. The lowest BCUT2D eigenvalue weighted by molar-refractivity contribution is -0.123. The first-order chi connectivity index (χ1) is 7.58. The number of nitrogens with one attached hydrogen (secondary N) is 1. The van der Waals surface area contributed by atoms with Gasteiger partial charge in [0.25, 0.3) is 0 Å². The smallest absolute Gasteiger partial charge is 0.240 e. The van der Waals surface area contributed by atoms with E-state index in [1.807, 2.05) is 0 Å². The zero-order valence-electron chi connectivity index (χ0n) is 10.7. The van der Waals surface area contributed by atoms with E-state index in [-0.39, 0.29) is 30.7 Å². The summed E-state index contributed by atoms with van der Waals surface area (Å²) in [5, 5.41) is 3.12. The van der Waals surface area contributed by atoms with Crippen molar-refractivity contribution in [1.82, 2.24) is 10.2 Å². The molecule has 0 radical (unpaired) electrons. The molecular formula is C12H23Cl2N3O. The van der Waals surface area contributed by atoms with Gasteiger partial charge in [-0.2, -0.15) is 0 Å². The van der Waals surface area contributed by atoms with Crippen molar-refractivity contribution in [1.29, 1.82) is 0 Å². The van der Waals surface area contributed by atoms with Crippen LogP contribution < -0.4 is 11.1 Å². The molecule has 3 N–H and O–H groups in total. The molecule has 1 aliphatic heterocycles. The Balaban J connectivity index is 0.000000810. The van der Waals surface area contributed by atoms with Crippen LogP contribution in [-0.2, 0) is 4.79 Å². The molecule has 1 saturated heterocycles. The fraction of sp³-hybridized carbons (Fsp3) is 0.917. The maximum absolute atomic E-state index is 11.8. The van der Waals surface area contributed by atoms with Crippen LogP contribution in [0.3, 0.4) is 0 Å². The Labute approximate surface area is 121 Å².